The van der Waals surface area contributed by atoms with Crippen LogP contribution in [-0.2, 0) is 27.3 Å². The molecule has 1 aromatic heterocycles. The molecule has 0 bridgehead atoms. The van der Waals surface area contributed by atoms with Crippen molar-refractivity contribution in [3.05, 3.63) is 94.6 Å². The summed E-state index contributed by atoms with van der Waals surface area (Å²) in [6.07, 6.45) is 3.03. The Balaban J connectivity index is 1.01. The molecule has 62 heavy (non-hydrogen) atoms. The summed E-state index contributed by atoms with van der Waals surface area (Å²) in [6.45, 7) is 11.0. The van der Waals surface area contributed by atoms with Gasteiger partial charge < -0.3 is 47.5 Å². The van der Waals surface area contributed by atoms with E-state index in [2.05, 4.69) is 31.2 Å². The molecule has 5 rings (SSSR count). The minimum absolute atomic E-state index is 0.0228. The lowest BCUT2D eigenvalue weighted by atomic mass is 9.85. The normalized spacial score (nSPS) is 16.0. The predicted molar refractivity (Wildman–Crippen MR) is 244 cm³/mol. The van der Waals surface area contributed by atoms with Crippen molar-refractivity contribution in [3.63, 3.8) is 0 Å². The fourth-order valence-electron chi connectivity index (χ4n) is 7.44. The van der Waals surface area contributed by atoms with Crippen molar-refractivity contribution in [3.8, 4) is 16.2 Å². The van der Waals surface area contributed by atoms with Gasteiger partial charge in [0.25, 0.3) is 5.91 Å². The molecular weight excluding hydrogens is 807 g/mol. The lowest BCUT2D eigenvalue weighted by Crippen LogP contribution is -2.56. The van der Waals surface area contributed by atoms with Crippen LogP contribution in [0.2, 0.25) is 0 Å². The van der Waals surface area contributed by atoms with Crippen LogP contribution in [0.15, 0.2) is 77.2 Å². The van der Waals surface area contributed by atoms with E-state index in [-0.39, 0.29) is 55.0 Å². The van der Waals surface area contributed by atoms with Gasteiger partial charge in [0.15, 0.2) is 5.96 Å². The maximum absolute atomic E-state index is 14.0. The first-order valence-electron chi connectivity index (χ1n) is 21.0. The number of amides is 4. The zero-order valence-corrected chi connectivity index (χ0v) is 37.3. The summed E-state index contributed by atoms with van der Waals surface area (Å²) in [5, 5.41) is 22.9. The third-order valence-electron chi connectivity index (χ3n) is 10.7. The molecule has 4 atom stereocenters. The quantitative estimate of drug-likeness (QED) is 0.0372. The smallest absolute Gasteiger partial charge is 0.255 e. The van der Waals surface area contributed by atoms with Gasteiger partial charge in [-0.2, -0.15) is 0 Å². The van der Waals surface area contributed by atoms with Gasteiger partial charge in [0.1, 0.15) is 17.5 Å². The number of guanidine groups is 1. The van der Waals surface area contributed by atoms with Crippen LogP contribution < -0.4 is 37.5 Å². The third kappa shape index (κ3) is 13.3. The van der Waals surface area contributed by atoms with Gasteiger partial charge in [-0.25, -0.2) is 9.98 Å². The molecule has 9 N–H and O–H groups in total. The molecular formula is C46H61N9O6S. The molecule has 0 spiro atoms. The lowest BCUT2D eigenvalue weighted by Gasteiger charge is -2.35. The number of rotatable bonds is 19. The number of hydrogen-bond acceptors (Lipinski definition) is 10. The Morgan fingerprint density at radius 1 is 1.00 bits per heavy atom. The molecule has 0 radical (unpaired) electrons. The van der Waals surface area contributed by atoms with Crippen molar-refractivity contribution in [2.75, 3.05) is 25.5 Å². The number of anilines is 1. The van der Waals surface area contributed by atoms with E-state index in [9.17, 15) is 24.3 Å². The number of nitrogens with two attached hydrogens (primary N) is 2. The molecule has 4 aromatic rings. The first-order valence-corrected chi connectivity index (χ1v) is 21.9. The number of hydrogen-bond donors (Lipinski definition) is 7. The summed E-state index contributed by atoms with van der Waals surface area (Å²) < 4.78 is 5.31. The monoisotopic (exact) mass is 867 g/mol. The second-order valence-corrected chi connectivity index (χ2v) is 17.8. The first-order chi connectivity index (χ1) is 29.5. The van der Waals surface area contributed by atoms with E-state index in [0.29, 0.717) is 35.8 Å². The van der Waals surface area contributed by atoms with Crippen molar-refractivity contribution in [2.45, 2.75) is 104 Å². The Kier molecular flexibility index (Phi) is 16.6. The molecule has 1 aliphatic heterocycles. The second-order valence-electron chi connectivity index (χ2n) is 16.9. The number of nitrogens with zero attached hydrogens (tertiary/aromatic N) is 3. The third-order valence-corrected chi connectivity index (χ3v) is 11.7. The number of ether oxygens (including phenoxy) is 1. The molecule has 1 saturated heterocycles. The van der Waals surface area contributed by atoms with Gasteiger partial charge in [-0.3, -0.25) is 19.2 Å². The number of aromatic nitrogens is 1. The van der Waals surface area contributed by atoms with Crippen molar-refractivity contribution in [1.82, 2.24) is 25.8 Å². The van der Waals surface area contributed by atoms with E-state index in [1.807, 2.05) is 64.4 Å². The highest BCUT2D eigenvalue weighted by atomic mass is 32.1. The van der Waals surface area contributed by atoms with Crippen LogP contribution in [0.5, 0.6) is 5.75 Å². The molecule has 1 unspecified atom stereocenters. The van der Waals surface area contributed by atoms with E-state index in [0.717, 1.165) is 52.9 Å². The Morgan fingerprint density at radius 3 is 2.35 bits per heavy atom. The van der Waals surface area contributed by atoms with Gasteiger partial charge in [-0.1, -0.05) is 70.0 Å². The maximum atomic E-state index is 14.0. The number of aliphatic hydroxyl groups excluding tert-OH is 1. The summed E-state index contributed by atoms with van der Waals surface area (Å²) >= 11 is 1.59. The molecule has 332 valence electrons. The summed E-state index contributed by atoms with van der Waals surface area (Å²) in [7, 11) is 1.46. The number of methoxy groups -OCH3 is 1. The zero-order chi connectivity index (χ0) is 45.0. The molecule has 1 aliphatic rings. The largest absolute Gasteiger partial charge is 0.494 e. The molecule has 2 heterocycles. The molecule has 0 saturated carbocycles. The number of aliphatic imine (C=N–C) groups is 1. The Morgan fingerprint density at radius 2 is 1.71 bits per heavy atom. The van der Waals surface area contributed by atoms with E-state index in [4.69, 9.17) is 16.2 Å². The highest BCUT2D eigenvalue weighted by Crippen LogP contribution is 2.30. The number of likely N-dealkylation sites (tertiary alicyclic amines) is 1. The van der Waals surface area contributed by atoms with Gasteiger partial charge in [0.05, 0.1) is 41.8 Å². The Hall–Kier alpha value is -5.84. The minimum atomic E-state index is -0.777. The predicted octanol–water partition coefficient (Wildman–Crippen LogP) is 5.17. The average Bonchev–Trinajstić information content (AvgIpc) is 3.84. The van der Waals surface area contributed by atoms with Crippen LogP contribution in [-0.4, -0.2) is 89.0 Å². The molecule has 16 heteroatoms. The maximum Gasteiger partial charge on any atom is 0.255 e. The Labute approximate surface area is 368 Å². The highest BCUT2D eigenvalue weighted by molar-refractivity contribution is 7.13. The van der Waals surface area contributed by atoms with Gasteiger partial charge in [-0.05, 0) is 85.7 Å². The molecule has 15 nitrogen and oxygen atoms in total. The number of benzene rings is 3. The van der Waals surface area contributed by atoms with Crippen molar-refractivity contribution in [2.24, 2.45) is 21.9 Å². The average molecular weight is 868 g/mol. The topological polar surface area (TPSA) is 226 Å². The van der Waals surface area contributed by atoms with Crippen LogP contribution in [0.1, 0.15) is 87.0 Å². The standard InChI is InChI=1S/C46H61N9O6S/c1-28(52-39(57)22-30-13-18-34(19-14-30)53-42(58)33-17-20-36(54-45(47)48)38(23-33)61-6)10-8-7-9-21-49-41(46(3,4)5)44(60)55-26-35(56)24-37(55)43(59)50-25-31-11-15-32(16-12-31)40-29(2)51-27-62-40/h11-20,23,27-28,35,37,41,49,56H,7-10,21-22,24-26H2,1-6H3,(H,50,59)(H,52,57)(H,53,58)(H4,47,48,54)/t28?,35-,37+,41-/m1/s1. The van der Waals surface area contributed by atoms with Crippen molar-refractivity contribution in [1.29, 1.82) is 0 Å². The first kappa shape index (κ1) is 47.2. The number of β-amino-alcohol motifs (C(OH)–C–C–N with tert-alkyl or cyclic N) is 1. The fourth-order valence-corrected chi connectivity index (χ4v) is 8.25. The summed E-state index contributed by atoms with van der Waals surface area (Å²) in [4.78, 5) is 64.1. The zero-order valence-electron chi connectivity index (χ0n) is 36.5. The van der Waals surface area contributed by atoms with E-state index in [1.54, 1.807) is 53.8 Å². The van der Waals surface area contributed by atoms with E-state index < -0.39 is 23.6 Å². The van der Waals surface area contributed by atoms with Gasteiger partial charge >= 0.3 is 0 Å². The molecule has 0 aliphatic carbocycles. The molecule has 1 fully saturated rings. The summed E-state index contributed by atoms with van der Waals surface area (Å²) in [6, 6.07) is 18.5. The van der Waals surface area contributed by atoms with Crippen LogP contribution in [0.4, 0.5) is 11.4 Å². The van der Waals surface area contributed by atoms with Gasteiger partial charge in [0, 0.05) is 36.8 Å². The lowest BCUT2D eigenvalue weighted by molar-refractivity contribution is -0.142. The number of thiazole rings is 1. The van der Waals surface area contributed by atoms with Crippen LogP contribution in [0.3, 0.4) is 0 Å². The molecule has 3 aromatic carbocycles. The van der Waals surface area contributed by atoms with Crippen molar-refractivity contribution < 1.29 is 29.0 Å². The minimum Gasteiger partial charge on any atom is -0.494 e. The van der Waals surface area contributed by atoms with E-state index in [1.165, 1.54) is 12.0 Å². The second kappa shape index (κ2) is 21.8. The number of unbranched alkanes of at least 4 members (excludes halogenated alkanes) is 2. The van der Waals surface area contributed by atoms with Crippen molar-refractivity contribution >= 4 is 52.3 Å². The van der Waals surface area contributed by atoms with Crippen LogP contribution in [0.25, 0.3) is 10.4 Å². The number of aliphatic hydroxyl groups is 1. The van der Waals surface area contributed by atoms with E-state index >= 15 is 0 Å². The molecule has 4 amide bonds. The van der Waals surface area contributed by atoms with Crippen LogP contribution >= 0.6 is 11.3 Å². The highest BCUT2D eigenvalue weighted by Gasteiger charge is 2.43. The number of aryl methyl sites for hydroxylation is 1. The van der Waals surface area contributed by atoms with Gasteiger partial charge in [0.2, 0.25) is 17.7 Å². The fraction of sp³-hybridized carbons (Fsp3) is 0.435. The SMILES string of the molecule is COc1cc(C(=O)Nc2ccc(CC(=O)NC(C)CCCCCN[C@H](C(=O)N3C[C@H](O)C[C@H]3C(=O)NCc3ccc(-c4scnc4C)cc3)C(C)(C)C)cc2)ccc1N=C(N)N. The Bertz CT molecular complexity index is 2180. The number of carbonyl (C=O) groups excluding carboxylic acids is 4. The number of carbonyl (C=O) groups is 4. The van der Waals surface area contributed by atoms with Gasteiger partial charge in [-0.15, -0.1) is 11.3 Å². The van der Waals surface area contributed by atoms with Crippen LogP contribution in [0, 0.1) is 12.3 Å². The number of nitrogens with one attached hydrogen (secondary N) is 4. The summed E-state index contributed by atoms with van der Waals surface area (Å²) in [5.74, 6) is -0.672. The summed E-state index contributed by atoms with van der Waals surface area (Å²) in [5.41, 5.74) is 17.5.